The minimum Gasteiger partial charge on any atom is -0.478 e. The average Bonchev–Trinajstić information content (AvgIpc) is 3.05. The number of nitrogens with one attached hydrogen (secondary N) is 1. The number of pyridine rings is 1. The first kappa shape index (κ1) is 11.7. The Balaban J connectivity index is 2.15. The van der Waals surface area contributed by atoms with Crippen molar-refractivity contribution in [3.05, 3.63) is 52.5 Å². The molecule has 3 heterocycles. The highest BCUT2D eigenvalue weighted by molar-refractivity contribution is 7.11. The summed E-state index contributed by atoms with van der Waals surface area (Å²) >= 11 is 1.41. The molecule has 0 saturated carbocycles. The van der Waals surface area contributed by atoms with E-state index < -0.39 is 5.97 Å². The molecule has 0 aromatic carbocycles. The van der Waals surface area contributed by atoms with E-state index in [1.54, 1.807) is 24.5 Å². The van der Waals surface area contributed by atoms with Gasteiger partial charge in [-0.25, -0.2) is 9.78 Å². The first-order valence-electron chi connectivity index (χ1n) is 5.66. The van der Waals surface area contributed by atoms with Crippen LogP contribution in [-0.4, -0.2) is 21.0 Å². The summed E-state index contributed by atoms with van der Waals surface area (Å²) in [5.74, 6) is -0.930. The van der Waals surface area contributed by atoms with E-state index in [1.807, 2.05) is 23.6 Å². The molecule has 3 rings (SSSR count). The zero-order valence-corrected chi connectivity index (χ0v) is 10.6. The van der Waals surface area contributed by atoms with E-state index in [0.29, 0.717) is 5.57 Å². The molecule has 0 aliphatic rings. The van der Waals surface area contributed by atoms with Crippen molar-refractivity contribution in [3.8, 4) is 0 Å². The summed E-state index contributed by atoms with van der Waals surface area (Å²) in [6, 6.07) is 7.39. The number of hydrogen-bond donors (Lipinski definition) is 2. The second kappa shape index (κ2) is 4.70. The summed E-state index contributed by atoms with van der Waals surface area (Å²) in [5, 5.41) is 12.1. The lowest BCUT2D eigenvalue weighted by molar-refractivity contribution is -0.130. The Hall–Kier alpha value is -2.40. The molecular weight excluding hydrogens is 260 g/mol. The van der Waals surface area contributed by atoms with Crippen LogP contribution in [-0.2, 0) is 4.79 Å². The predicted octanol–water partition coefficient (Wildman–Crippen LogP) is 3.25. The summed E-state index contributed by atoms with van der Waals surface area (Å²) in [4.78, 5) is 19.3. The number of aromatic amines is 1. The Bertz CT molecular complexity index is 757. The van der Waals surface area contributed by atoms with E-state index in [9.17, 15) is 9.90 Å². The number of aromatic nitrogens is 2. The maximum absolute atomic E-state index is 11.4. The minimum atomic E-state index is -0.930. The Morgan fingerprint density at radius 2 is 2.26 bits per heavy atom. The molecular formula is C14H10N2O2S. The summed E-state index contributed by atoms with van der Waals surface area (Å²) in [6.45, 7) is 0. The number of carboxylic acids is 1. The molecule has 0 aliphatic heterocycles. The van der Waals surface area contributed by atoms with Crippen LogP contribution in [0.15, 0.2) is 42.0 Å². The van der Waals surface area contributed by atoms with Crippen molar-refractivity contribution in [3.63, 3.8) is 0 Å². The molecule has 0 atom stereocenters. The highest BCUT2D eigenvalue weighted by atomic mass is 32.1. The van der Waals surface area contributed by atoms with E-state index in [4.69, 9.17) is 0 Å². The first-order valence-corrected chi connectivity index (χ1v) is 6.54. The maximum Gasteiger partial charge on any atom is 0.337 e. The van der Waals surface area contributed by atoms with Gasteiger partial charge in [-0.05, 0) is 29.7 Å². The van der Waals surface area contributed by atoms with Gasteiger partial charge in [-0.15, -0.1) is 11.3 Å². The van der Waals surface area contributed by atoms with Gasteiger partial charge in [0.15, 0.2) is 0 Å². The number of aliphatic carboxylic acids is 1. The molecule has 4 nitrogen and oxygen atoms in total. The van der Waals surface area contributed by atoms with Crippen LogP contribution in [0, 0.1) is 0 Å². The third kappa shape index (κ3) is 2.15. The van der Waals surface area contributed by atoms with Crippen molar-refractivity contribution < 1.29 is 9.90 Å². The van der Waals surface area contributed by atoms with E-state index in [2.05, 4.69) is 9.97 Å². The summed E-state index contributed by atoms with van der Waals surface area (Å²) in [6.07, 6.45) is 5.15. The number of carboxylic acid groups (broad SMARTS) is 1. The molecule has 19 heavy (non-hydrogen) atoms. The molecule has 0 fully saturated rings. The number of nitrogens with zero attached hydrogens (tertiary/aromatic N) is 1. The molecule has 0 saturated heterocycles. The minimum absolute atomic E-state index is 0.291. The van der Waals surface area contributed by atoms with Gasteiger partial charge in [0.1, 0.15) is 5.65 Å². The summed E-state index contributed by atoms with van der Waals surface area (Å²) in [5.41, 5.74) is 1.87. The quantitative estimate of drug-likeness (QED) is 0.718. The SMILES string of the molecule is O=C(O)C(=Cc1c[nH]c2ncccc12)c1cccs1. The van der Waals surface area contributed by atoms with Crippen LogP contribution >= 0.6 is 11.3 Å². The van der Waals surface area contributed by atoms with Gasteiger partial charge < -0.3 is 10.1 Å². The number of fused-ring (bicyclic) bond motifs is 1. The van der Waals surface area contributed by atoms with Gasteiger partial charge in [0, 0.05) is 28.2 Å². The van der Waals surface area contributed by atoms with E-state index in [0.717, 1.165) is 21.5 Å². The Kier molecular flexibility index (Phi) is 2.89. The van der Waals surface area contributed by atoms with Crippen LogP contribution in [0.4, 0.5) is 0 Å². The predicted molar refractivity (Wildman–Crippen MR) is 75.9 cm³/mol. The number of H-pyrrole nitrogens is 1. The molecule has 94 valence electrons. The van der Waals surface area contributed by atoms with Crippen LogP contribution in [0.3, 0.4) is 0 Å². The van der Waals surface area contributed by atoms with Crippen LogP contribution in [0.25, 0.3) is 22.7 Å². The van der Waals surface area contributed by atoms with Crippen LogP contribution in [0.5, 0.6) is 0 Å². The highest BCUT2D eigenvalue weighted by Gasteiger charge is 2.12. The van der Waals surface area contributed by atoms with E-state index >= 15 is 0 Å². The zero-order valence-electron chi connectivity index (χ0n) is 9.83. The average molecular weight is 270 g/mol. The number of carbonyl (C=O) groups is 1. The fourth-order valence-electron chi connectivity index (χ4n) is 1.92. The molecule has 2 N–H and O–H groups in total. The monoisotopic (exact) mass is 270 g/mol. The molecule has 3 aromatic heterocycles. The fourth-order valence-corrected chi connectivity index (χ4v) is 2.66. The van der Waals surface area contributed by atoms with Crippen LogP contribution in [0.1, 0.15) is 10.4 Å². The Labute approximate surface area is 113 Å². The third-order valence-corrected chi connectivity index (χ3v) is 3.70. The molecule has 5 heteroatoms. The van der Waals surface area contributed by atoms with Gasteiger partial charge in [0.05, 0.1) is 5.57 Å². The zero-order chi connectivity index (χ0) is 13.2. The summed E-state index contributed by atoms with van der Waals surface area (Å²) in [7, 11) is 0. The lowest BCUT2D eigenvalue weighted by Crippen LogP contribution is -1.97. The van der Waals surface area contributed by atoms with Gasteiger partial charge in [-0.3, -0.25) is 0 Å². The largest absolute Gasteiger partial charge is 0.478 e. The maximum atomic E-state index is 11.4. The fraction of sp³-hybridized carbons (Fsp3) is 0. The molecule has 0 unspecified atom stereocenters. The second-order valence-electron chi connectivity index (χ2n) is 3.98. The second-order valence-corrected chi connectivity index (χ2v) is 4.93. The molecule has 0 spiro atoms. The topological polar surface area (TPSA) is 66.0 Å². The number of rotatable bonds is 3. The highest BCUT2D eigenvalue weighted by Crippen LogP contribution is 2.26. The van der Waals surface area contributed by atoms with Crippen molar-refractivity contribution in [2.45, 2.75) is 0 Å². The van der Waals surface area contributed by atoms with Crippen molar-refractivity contribution in [2.75, 3.05) is 0 Å². The van der Waals surface area contributed by atoms with Crippen molar-refractivity contribution in [2.24, 2.45) is 0 Å². The normalized spacial score (nSPS) is 11.9. The van der Waals surface area contributed by atoms with Crippen molar-refractivity contribution in [1.82, 2.24) is 9.97 Å². The van der Waals surface area contributed by atoms with Gasteiger partial charge in [-0.1, -0.05) is 6.07 Å². The molecule has 0 amide bonds. The van der Waals surface area contributed by atoms with E-state index in [-0.39, 0.29) is 0 Å². The van der Waals surface area contributed by atoms with Crippen molar-refractivity contribution >= 4 is 40.0 Å². The van der Waals surface area contributed by atoms with Gasteiger partial charge >= 0.3 is 5.97 Å². The lowest BCUT2D eigenvalue weighted by Gasteiger charge is -1.98. The first-order chi connectivity index (χ1) is 9.25. The van der Waals surface area contributed by atoms with Crippen molar-refractivity contribution in [1.29, 1.82) is 0 Å². The molecule has 0 aliphatic carbocycles. The molecule has 0 bridgehead atoms. The van der Waals surface area contributed by atoms with Crippen LogP contribution in [0.2, 0.25) is 0 Å². The van der Waals surface area contributed by atoms with Gasteiger partial charge in [0.25, 0.3) is 0 Å². The summed E-state index contributed by atoms with van der Waals surface area (Å²) < 4.78 is 0. The molecule has 3 aromatic rings. The number of thiophene rings is 1. The molecule has 0 radical (unpaired) electrons. The third-order valence-electron chi connectivity index (χ3n) is 2.80. The number of hydrogen-bond acceptors (Lipinski definition) is 3. The Morgan fingerprint density at radius 3 is 3.00 bits per heavy atom. The van der Waals surface area contributed by atoms with Gasteiger partial charge in [-0.2, -0.15) is 0 Å². The standard InChI is InChI=1S/C14H10N2O2S/c17-14(18)11(12-4-2-6-19-12)7-9-8-16-13-10(9)3-1-5-15-13/h1-8H,(H,15,16)(H,17,18). The van der Waals surface area contributed by atoms with Crippen LogP contribution < -0.4 is 0 Å². The smallest absolute Gasteiger partial charge is 0.337 e. The lowest BCUT2D eigenvalue weighted by atomic mass is 10.1. The van der Waals surface area contributed by atoms with E-state index in [1.165, 1.54) is 11.3 Å². The van der Waals surface area contributed by atoms with Gasteiger partial charge in [0.2, 0.25) is 0 Å². The Morgan fingerprint density at radius 1 is 1.37 bits per heavy atom.